The van der Waals surface area contributed by atoms with Crippen LogP contribution in [0.5, 0.6) is 0 Å². The Kier molecular flexibility index (Phi) is 4.62. The van der Waals surface area contributed by atoms with Gasteiger partial charge in [0.05, 0.1) is 0 Å². The number of hydrogen-bond donors (Lipinski definition) is 0. The molecule has 1 aromatic carbocycles. The van der Waals surface area contributed by atoms with E-state index in [4.69, 9.17) is 9.31 Å². The van der Waals surface area contributed by atoms with Crippen LogP contribution in [0.15, 0.2) is 29.2 Å². The second-order valence-electron chi connectivity index (χ2n) is 4.94. The predicted molar refractivity (Wildman–Crippen MR) is 79.6 cm³/mol. The van der Waals surface area contributed by atoms with E-state index in [9.17, 15) is 14.4 Å². The van der Waals surface area contributed by atoms with Gasteiger partial charge >= 0.3 is 6.55 Å². The Bertz CT molecular complexity index is 551. The van der Waals surface area contributed by atoms with Gasteiger partial charge in [0.2, 0.25) is 0 Å². The maximum absolute atomic E-state index is 12.3. The molecule has 0 radical (unpaired) electrons. The van der Waals surface area contributed by atoms with Crippen molar-refractivity contribution in [2.45, 2.75) is 31.1 Å². The van der Waals surface area contributed by atoms with Crippen LogP contribution in [0.1, 0.15) is 24.8 Å². The number of carbonyl (C=O) groups excluding carboxylic acids is 3. The van der Waals surface area contributed by atoms with Crippen LogP contribution >= 0.6 is 11.8 Å². The van der Waals surface area contributed by atoms with Crippen molar-refractivity contribution in [1.82, 2.24) is 0 Å². The second kappa shape index (κ2) is 6.26. The number of hydrogen-bond acceptors (Lipinski definition) is 6. The SMILES string of the molecule is [CH2+][B-]1(C(=O)Sc2ccc(C)cc2)OC(=O)CCCC(=O)O1. The van der Waals surface area contributed by atoms with E-state index in [2.05, 4.69) is 6.82 Å². The number of aryl methyl sites for hydroxylation is 1. The van der Waals surface area contributed by atoms with Gasteiger partial charge in [-0.1, -0.05) is 29.5 Å². The van der Waals surface area contributed by atoms with E-state index >= 15 is 0 Å². The summed E-state index contributed by atoms with van der Waals surface area (Å²) >= 11 is 0.850. The Hall–Kier alpha value is -1.89. The van der Waals surface area contributed by atoms with Crippen molar-refractivity contribution >= 4 is 35.3 Å². The Morgan fingerprint density at radius 2 is 1.67 bits per heavy atom. The first-order chi connectivity index (χ1) is 9.89. The molecule has 0 saturated carbocycles. The van der Waals surface area contributed by atoms with E-state index in [1.54, 1.807) is 12.1 Å². The van der Waals surface area contributed by atoms with E-state index in [0.29, 0.717) is 11.3 Å². The summed E-state index contributed by atoms with van der Waals surface area (Å²) in [6, 6.07) is 7.25. The van der Waals surface area contributed by atoms with Crippen molar-refractivity contribution in [2.24, 2.45) is 0 Å². The average Bonchev–Trinajstić information content (AvgIpc) is 2.39. The minimum Gasteiger partial charge on any atom is -0.611 e. The molecule has 0 atom stereocenters. The third-order valence-corrected chi connectivity index (χ3v) is 4.07. The van der Waals surface area contributed by atoms with Gasteiger partial charge in [0.25, 0.3) is 11.9 Å². The monoisotopic (exact) mass is 306 g/mol. The van der Waals surface area contributed by atoms with Gasteiger partial charge in [-0.3, -0.25) is 9.59 Å². The fourth-order valence-electron chi connectivity index (χ4n) is 1.85. The summed E-state index contributed by atoms with van der Waals surface area (Å²) in [5, 5.41) is -0.581. The third kappa shape index (κ3) is 4.04. The Morgan fingerprint density at radius 1 is 1.14 bits per heavy atom. The van der Waals surface area contributed by atoms with Gasteiger partial charge in [-0.15, -0.1) is 0 Å². The van der Waals surface area contributed by atoms with Crippen LogP contribution in [0.2, 0.25) is 0 Å². The highest BCUT2D eigenvalue weighted by atomic mass is 32.2. The van der Waals surface area contributed by atoms with Gasteiger partial charge in [-0.05, 0) is 32.3 Å². The summed E-state index contributed by atoms with van der Waals surface area (Å²) in [6.07, 6.45) is 0.510. The average molecular weight is 306 g/mol. The molecule has 0 aromatic heterocycles. The molecule has 0 N–H and O–H groups in total. The molecule has 1 saturated heterocycles. The van der Waals surface area contributed by atoms with Crippen LogP contribution in [0, 0.1) is 13.7 Å². The summed E-state index contributed by atoms with van der Waals surface area (Å²) in [7, 11) is 0. The van der Waals surface area contributed by atoms with Crippen molar-refractivity contribution in [1.29, 1.82) is 0 Å². The highest BCUT2D eigenvalue weighted by Gasteiger charge is 2.49. The van der Waals surface area contributed by atoms with Gasteiger partial charge in [-0.25, -0.2) is 0 Å². The molecule has 1 aromatic rings. The van der Waals surface area contributed by atoms with E-state index in [0.717, 1.165) is 17.3 Å². The van der Waals surface area contributed by atoms with Crippen molar-refractivity contribution in [2.75, 3.05) is 0 Å². The minimum atomic E-state index is -2.86. The fraction of sp³-hybridized carbons (Fsp3) is 0.286. The number of benzene rings is 1. The second-order valence-corrected chi connectivity index (χ2v) is 6.01. The normalized spacial score (nSPS) is 18.1. The Labute approximate surface area is 127 Å². The molecule has 21 heavy (non-hydrogen) atoms. The molecule has 110 valence electrons. The first-order valence-electron chi connectivity index (χ1n) is 6.63. The molecule has 0 spiro atoms. The quantitative estimate of drug-likeness (QED) is 0.475. The molecule has 2 rings (SSSR count). The largest absolute Gasteiger partial charge is 0.627 e. The van der Waals surface area contributed by atoms with E-state index in [1.165, 1.54) is 0 Å². The van der Waals surface area contributed by atoms with Gasteiger partial charge in [0.1, 0.15) is 0 Å². The predicted octanol–water partition coefficient (Wildman–Crippen LogP) is 2.87. The molecule has 1 fully saturated rings. The standard InChI is InChI=1S/C14H15BO5S/c1-10-6-8-11(9-7-10)21-14(18)15(2)19-12(16)4-3-5-13(17)20-15/h6-9H,2-5H2,1H3. The van der Waals surface area contributed by atoms with Crippen molar-refractivity contribution in [3.05, 3.63) is 36.7 Å². The van der Waals surface area contributed by atoms with Gasteiger partial charge in [0, 0.05) is 17.7 Å². The summed E-state index contributed by atoms with van der Waals surface area (Å²) in [5.41, 5.74) is 1.06. The number of thioether (sulfide) groups is 1. The van der Waals surface area contributed by atoms with Crippen molar-refractivity contribution < 1.29 is 23.7 Å². The Morgan fingerprint density at radius 3 is 2.19 bits per heavy atom. The van der Waals surface area contributed by atoms with Gasteiger partial charge in [-0.2, -0.15) is 0 Å². The molecule has 5 nitrogen and oxygen atoms in total. The lowest BCUT2D eigenvalue weighted by molar-refractivity contribution is -0.143. The van der Waals surface area contributed by atoms with E-state index in [-0.39, 0.29) is 12.8 Å². The summed E-state index contributed by atoms with van der Waals surface area (Å²) in [5.74, 6) is -1.15. The molecule has 0 aliphatic carbocycles. The lowest BCUT2D eigenvalue weighted by Gasteiger charge is -2.30. The third-order valence-electron chi connectivity index (χ3n) is 3.00. The molecule has 7 heteroatoms. The van der Waals surface area contributed by atoms with Crippen LogP contribution in [-0.2, 0) is 18.9 Å². The first kappa shape index (κ1) is 15.5. The smallest absolute Gasteiger partial charge is 0.611 e. The maximum atomic E-state index is 12.3. The zero-order valence-electron chi connectivity index (χ0n) is 11.7. The zero-order chi connectivity index (χ0) is 15.5. The topological polar surface area (TPSA) is 69.7 Å². The van der Waals surface area contributed by atoms with E-state index < -0.39 is 23.5 Å². The molecule has 0 bridgehead atoms. The molecular weight excluding hydrogens is 291 g/mol. The molecule has 1 aliphatic heterocycles. The van der Waals surface area contributed by atoms with Crippen molar-refractivity contribution in [3.8, 4) is 0 Å². The van der Waals surface area contributed by atoms with Crippen molar-refractivity contribution in [3.63, 3.8) is 0 Å². The minimum absolute atomic E-state index is 0.0800. The molecule has 1 heterocycles. The van der Waals surface area contributed by atoms with Crippen LogP contribution in [-0.4, -0.2) is 23.5 Å². The summed E-state index contributed by atoms with van der Waals surface area (Å²) in [6.45, 7) is 2.62. The van der Waals surface area contributed by atoms with Crippen LogP contribution in [0.25, 0.3) is 0 Å². The zero-order valence-corrected chi connectivity index (χ0v) is 12.5. The lowest BCUT2D eigenvalue weighted by atomic mass is 9.61. The molecule has 1 aliphatic rings. The molecular formula is C14H15BO5S. The highest BCUT2D eigenvalue weighted by Crippen LogP contribution is 2.28. The van der Waals surface area contributed by atoms with Crippen LogP contribution < -0.4 is 0 Å². The number of rotatable bonds is 2. The summed E-state index contributed by atoms with van der Waals surface area (Å²) in [4.78, 5) is 36.1. The fourth-order valence-corrected chi connectivity index (χ4v) is 2.63. The lowest BCUT2D eigenvalue weighted by Crippen LogP contribution is -2.50. The van der Waals surface area contributed by atoms with Gasteiger partial charge in [0.15, 0.2) is 5.01 Å². The summed E-state index contributed by atoms with van der Waals surface area (Å²) < 4.78 is 10.0. The number of carbonyl (C=O) groups is 3. The van der Waals surface area contributed by atoms with Crippen LogP contribution in [0.3, 0.4) is 0 Å². The maximum Gasteiger partial charge on any atom is 0.627 e. The highest BCUT2D eigenvalue weighted by molar-refractivity contribution is 8.17. The van der Waals surface area contributed by atoms with Gasteiger partial charge < -0.3 is 14.1 Å². The van der Waals surface area contributed by atoms with Crippen LogP contribution in [0.4, 0.5) is 4.79 Å². The molecule has 0 unspecified atom stereocenters. The first-order valence-corrected chi connectivity index (χ1v) is 7.44. The van der Waals surface area contributed by atoms with E-state index in [1.807, 2.05) is 19.1 Å². The Balaban J connectivity index is 2.15. The molecule has 0 amide bonds.